The number of carbonyl (C=O) groups is 2. The normalized spacial score (nSPS) is 9.83. The average Bonchev–Trinajstić information content (AvgIpc) is 2.55. The first-order valence-corrected chi connectivity index (χ1v) is 6.73. The SMILES string of the molecule is COc1ccc(NC(=O)Nc2ccc(C(N)=O)c(OC)c2)cc1. The summed E-state index contributed by atoms with van der Waals surface area (Å²) in [7, 11) is 2.99. The molecule has 0 bridgehead atoms. The molecule has 0 atom stereocenters. The molecule has 2 aromatic rings. The number of amides is 3. The second-order valence-corrected chi connectivity index (χ2v) is 4.59. The minimum Gasteiger partial charge on any atom is -0.497 e. The van der Waals surface area contributed by atoms with Crippen molar-refractivity contribution in [3.8, 4) is 11.5 Å². The van der Waals surface area contributed by atoms with E-state index in [1.165, 1.54) is 19.2 Å². The third kappa shape index (κ3) is 4.13. The van der Waals surface area contributed by atoms with Gasteiger partial charge in [-0.15, -0.1) is 0 Å². The highest BCUT2D eigenvalue weighted by molar-refractivity contribution is 6.01. The Morgan fingerprint density at radius 2 is 1.52 bits per heavy atom. The number of hydrogen-bond acceptors (Lipinski definition) is 4. The number of nitrogens with one attached hydrogen (secondary N) is 2. The number of methoxy groups -OCH3 is 2. The van der Waals surface area contributed by atoms with Gasteiger partial charge in [0, 0.05) is 17.4 Å². The Labute approximate surface area is 133 Å². The monoisotopic (exact) mass is 315 g/mol. The van der Waals surface area contributed by atoms with Crippen LogP contribution in [0.15, 0.2) is 42.5 Å². The van der Waals surface area contributed by atoms with Crippen LogP contribution in [0.2, 0.25) is 0 Å². The number of nitrogens with two attached hydrogens (primary N) is 1. The molecule has 0 fully saturated rings. The molecule has 23 heavy (non-hydrogen) atoms. The van der Waals surface area contributed by atoms with Crippen LogP contribution in [0.1, 0.15) is 10.4 Å². The number of rotatable bonds is 5. The van der Waals surface area contributed by atoms with Crippen LogP contribution >= 0.6 is 0 Å². The fourth-order valence-corrected chi connectivity index (χ4v) is 1.94. The highest BCUT2D eigenvalue weighted by Crippen LogP contribution is 2.23. The summed E-state index contributed by atoms with van der Waals surface area (Å²) < 4.78 is 10.1. The summed E-state index contributed by atoms with van der Waals surface area (Å²) in [6.07, 6.45) is 0. The van der Waals surface area contributed by atoms with Gasteiger partial charge in [-0.1, -0.05) is 0 Å². The van der Waals surface area contributed by atoms with Crippen LogP contribution in [0.3, 0.4) is 0 Å². The summed E-state index contributed by atoms with van der Waals surface area (Å²) in [5, 5.41) is 5.32. The van der Waals surface area contributed by atoms with Gasteiger partial charge in [-0.05, 0) is 36.4 Å². The van der Waals surface area contributed by atoms with Crippen LogP contribution in [0.5, 0.6) is 11.5 Å². The molecule has 2 rings (SSSR count). The van der Waals surface area contributed by atoms with Crippen molar-refractivity contribution in [1.29, 1.82) is 0 Å². The predicted octanol–water partition coefficient (Wildman–Crippen LogP) is 2.45. The molecule has 0 aliphatic heterocycles. The number of benzene rings is 2. The maximum Gasteiger partial charge on any atom is 0.323 e. The van der Waals surface area contributed by atoms with E-state index in [4.69, 9.17) is 15.2 Å². The number of anilines is 2. The first kappa shape index (κ1) is 16.2. The lowest BCUT2D eigenvalue weighted by Gasteiger charge is -2.11. The molecule has 7 heteroatoms. The molecule has 0 aliphatic rings. The van der Waals surface area contributed by atoms with Crippen molar-refractivity contribution in [2.75, 3.05) is 24.9 Å². The molecular weight excluding hydrogens is 298 g/mol. The number of urea groups is 1. The number of carbonyl (C=O) groups excluding carboxylic acids is 2. The van der Waals surface area contributed by atoms with Gasteiger partial charge in [-0.25, -0.2) is 4.79 Å². The van der Waals surface area contributed by atoms with Gasteiger partial charge in [0.25, 0.3) is 5.91 Å². The van der Waals surface area contributed by atoms with E-state index in [1.807, 2.05) is 0 Å². The second kappa shape index (κ2) is 7.17. The molecular formula is C16H17N3O4. The van der Waals surface area contributed by atoms with Gasteiger partial charge in [0.05, 0.1) is 19.8 Å². The first-order valence-electron chi connectivity index (χ1n) is 6.73. The Bertz CT molecular complexity index is 714. The van der Waals surface area contributed by atoms with Crippen LogP contribution < -0.4 is 25.8 Å². The summed E-state index contributed by atoms with van der Waals surface area (Å²) in [4.78, 5) is 23.2. The van der Waals surface area contributed by atoms with Gasteiger partial charge in [-0.3, -0.25) is 4.79 Å². The molecule has 0 aromatic heterocycles. The van der Waals surface area contributed by atoms with Crippen molar-refractivity contribution in [2.45, 2.75) is 0 Å². The second-order valence-electron chi connectivity index (χ2n) is 4.59. The van der Waals surface area contributed by atoms with Gasteiger partial charge in [0.15, 0.2) is 0 Å². The zero-order chi connectivity index (χ0) is 16.8. The Morgan fingerprint density at radius 1 is 0.913 bits per heavy atom. The van der Waals surface area contributed by atoms with E-state index < -0.39 is 11.9 Å². The smallest absolute Gasteiger partial charge is 0.323 e. The van der Waals surface area contributed by atoms with Gasteiger partial charge in [0.2, 0.25) is 0 Å². The zero-order valence-corrected chi connectivity index (χ0v) is 12.8. The summed E-state index contributed by atoms with van der Waals surface area (Å²) in [5.41, 5.74) is 6.57. The van der Waals surface area contributed by atoms with E-state index >= 15 is 0 Å². The van der Waals surface area contributed by atoms with Crippen LogP contribution in [0, 0.1) is 0 Å². The van der Waals surface area contributed by atoms with Crippen molar-refractivity contribution in [3.63, 3.8) is 0 Å². The number of hydrogen-bond donors (Lipinski definition) is 3. The van der Waals surface area contributed by atoms with Crippen molar-refractivity contribution in [2.24, 2.45) is 5.73 Å². The molecule has 4 N–H and O–H groups in total. The predicted molar refractivity (Wildman–Crippen MR) is 87.1 cm³/mol. The highest BCUT2D eigenvalue weighted by Gasteiger charge is 2.11. The molecule has 0 unspecified atom stereocenters. The van der Waals surface area contributed by atoms with Gasteiger partial charge >= 0.3 is 6.03 Å². The van der Waals surface area contributed by atoms with E-state index in [-0.39, 0.29) is 5.56 Å². The summed E-state index contributed by atoms with van der Waals surface area (Å²) in [5.74, 6) is 0.388. The van der Waals surface area contributed by atoms with Crippen molar-refractivity contribution >= 4 is 23.3 Å². The summed E-state index contributed by atoms with van der Waals surface area (Å²) in [6.45, 7) is 0. The van der Waals surface area contributed by atoms with Crippen LogP contribution in [-0.4, -0.2) is 26.2 Å². The Morgan fingerprint density at radius 3 is 2.09 bits per heavy atom. The molecule has 0 spiro atoms. The minimum atomic E-state index is -0.601. The lowest BCUT2D eigenvalue weighted by atomic mass is 10.1. The lowest BCUT2D eigenvalue weighted by molar-refractivity contribution is 0.0997. The number of primary amides is 1. The third-order valence-corrected chi connectivity index (χ3v) is 3.07. The molecule has 3 amide bonds. The van der Waals surface area contributed by atoms with Crippen LogP contribution in [0.25, 0.3) is 0 Å². The largest absolute Gasteiger partial charge is 0.497 e. The quantitative estimate of drug-likeness (QED) is 0.788. The summed E-state index contributed by atoms with van der Waals surface area (Å²) in [6, 6.07) is 11.1. The van der Waals surface area contributed by atoms with Crippen molar-refractivity contribution in [3.05, 3.63) is 48.0 Å². The van der Waals surface area contributed by atoms with Crippen LogP contribution in [-0.2, 0) is 0 Å². The van der Waals surface area contributed by atoms with Crippen molar-refractivity contribution in [1.82, 2.24) is 0 Å². The van der Waals surface area contributed by atoms with E-state index in [1.54, 1.807) is 37.4 Å². The Balaban J connectivity index is 2.06. The van der Waals surface area contributed by atoms with E-state index in [0.717, 1.165) is 0 Å². The number of ether oxygens (including phenoxy) is 2. The fraction of sp³-hybridized carbons (Fsp3) is 0.125. The molecule has 0 heterocycles. The topological polar surface area (TPSA) is 103 Å². The lowest BCUT2D eigenvalue weighted by Crippen LogP contribution is -2.19. The van der Waals surface area contributed by atoms with Gasteiger partial charge in [-0.2, -0.15) is 0 Å². The standard InChI is InChI=1S/C16H17N3O4/c1-22-12-6-3-10(4-7-12)18-16(21)19-11-5-8-13(15(17)20)14(9-11)23-2/h3-9H,1-2H3,(H2,17,20)(H2,18,19,21). The molecule has 120 valence electrons. The van der Waals surface area contributed by atoms with Gasteiger partial charge < -0.3 is 25.8 Å². The molecule has 0 saturated heterocycles. The van der Waals surface area contributed by atoms with E-state index in [2.05, 4.69) is 10.6 Å². The molecule has 2 aromatic carbocycles. The van der Waals surface area contributed by atoms with Crippen LogP contribution in [0.4, 0.5) is 16.2 Å². The van der Waals surface area contributed by atoms with E-state index in [9.17, 15) is 9.59 Å². The maximum absolute atomic E-state index is 12.0. The molecule has 7 nitrogen and oxygen atoms in total. The molecule has 0 aliphatic carbocycles. The van der Waals surface area contributed by atoms with E-state index in [0.29, 0.717) is 22.9 Å². The summed E-state index contributed by atoms with van der Waals surface area (Å²) >= 11 is 0. The first-order chi connectivity index (χ1) is 11.0. The average molecular weight is 315 g/mol. The fourth-order valence-electron chi connectivity index (χ4n) is 1.94. The van der Waals surface area contributed by atoms with Crippen molar-refractivity contribution < 1.29 is 19.1 Å². The highest BCUT2D eigenvalue weighted by atomic mass is 16.5. The minimum absolute atomic E-state index is 0.244. The van der Waals surface area contributed by atoms with Gasteiger partial charge in [0.1, 0.15) is 11.5 Å². The zero-order valence-electron chi connectivity index (χ0n) is 12.8. The molecule has 0 saturated carbocycles. The molecule has 0 radical (unpaired) electrons. The Kier molecular flexibility index (Phi) is 5.03. The maximum atomic E-state index is 12.0. The Hall–Kier alpha value is -3.22. The third-order valence-electron chi connectivity index (χ3n) is 3.07.